The van der Waals surface area contributed by atoms with E-state index in [1.54, 1.807) is 32.0 Å². The second kappa shape index (κ2) is 7.21. The standard InChI is InChI=1S/C6H5Br2NO.C6H6BrNO/c1-3-6(10)4(7)2-5(8)9-3;1-4-5(9)2-3-6(7)8-4/h2,10H,1H3;2-3,9H,1H3. The first-order chi connectivity index (χ1) is 8.81. The molecule has 2 heterocycles. The third kappa shape index (κ3) is 5.08. The van der Waals surface area contributed by atoms with Gasteiger partial charge in [0, 0.05) is 0 Å². The molecule has 0 saturated heterocycles. The topological polar surface area (TPSA) is 66.2 Å². The first-order valence-electron chi connectivity index (χ1n) is 5.15. The Hall–Kier alpha value is -0.660. The van der Waals surface area contributed by atoms with Crippen LogP contribution in [-0.4, -0.2) is 20.2 Å². The number of hydrogen-bond acceptors (Lipinski definition) is 4. The molecule has 2 aromatic heterocycles. The SMILES string of the molecule is Cc1nc(Br)cc(Br)c1O.Cc1nc(Br)ccc1O. The van der Waals surface area contributed by atoms with Gasteiger partial charge in [-0.25, -0.2) is 9.97 Å². The maximum atomic E-state index is 9.20. The predicted octanol–water partition coefficient (Wildman–Crippen LogP) is 4.48. The molecule has 2 N–H and O–H groups in total. The number of aromatic hydroxyl groups is 2. The fourth-order valence-corrected chi connectivity index (χ4v) is 2.82. The fourth-order valence-electron chi connectivity index (χ4n) is 1.11. The Bertz CT molecular complexity index is 568. The number of pyridine rings is 2. The lowest BCUT2D eigenvalue weighted by molar-refractivity contribution is 0.463. The van der Waals surface area contributed by atoms with Crippen molar-refractivity contribution in [2.75, 3.05) is 0 Å². The highest BCUT2D eigenvalue weighted by atomic mass is 79.9. The van der Waals surface area contributed by atoms with Gasteiger partial charge in [-0.1, -0.05) is 0 Å². The van der Waals surface area contributed by atoms with Gasteiger partial charge in [-0.15, -0.1) is 0 Å². The van der Waals surface area contributed by atoms with Crippen LogP contribution in [0.4, 0.5) is 0 Å². The lowest BCUT2D eigenvalue weighted by atomic mass is 10.3. The third-order valence-corrected chi connectivity index (χ3v) is 3.57. The molecule has 0 saturated carbocycles. The van der Waals surface area contributed by atoms with Crippen LogP contribution in [0.2, 0.25) is 0 Å². The second-order valence-corrected chi connectivity index (χ2v) is 6.08. The minimum atomic E-state index is 0.197. The molecule has 0 bridgehead atoms. The van der Waals surface area contributed by atoms with Crippen molar-refractivity contribution < 1.29 is 10.2 Å². The van der Waals surface area contributed by atoms with E-state index in [9.17, 15) is 5.11 Å². The summed E-state index contributed by atoms with van der Waals surface area (Å²) in [6.45, 7) is 3.49. The van der Waals surface area contributed by atoms with E-state index in [1.165, 1.54) is 0 Å². The second-order valence-electron chi connectivity index (χ2n) is 3.60. The summed E-state index contributed by atoms with van der Waals surface area (Å²) in [4.78, 5) is 7.91. The van der Waals surface area contributed by atoms with Gasteiger partial charge in [0.1, 0.15) is 15.0 Å². The Labute approximate surface area is 136 Å². The van der Waals surface area contributed by atoms with Gasteiger partial charge in [-0.05, 0) is 79.8 Å². The molecular formula is C12H11Br3N2O2. The molecule has 0 aliphatic heterocycles. The van der Waals surface area contributed by atoms with Gasteiger partial charge in [-0.3, -0.25) is 0 Å². The maximum absolute atomic E-state index is 9.20. The first kappa shape index (κ1) is 16.4. The van der Waals surface area contributed by atoms with Gasteiger partial charge in [0.25, 0.3) is 0 Å². The van der Waals surface area contributed by atoms with Crippen molar-refractivity contribution in [3.8, 4) is 11.5 Å². The summed E-state index contributed by atoms with van der Waals surface area (Å²) >= 11 is 9.55. The molecule has 0 atom stereocenters. The Morgan fingerprint density at radius 1 is 0.895 bits per heavy atom. The lowest BCUT2D eigenvalue weighted by Crippen LogP contribution is -1.83. The molecule has 2 aromatic rings. The van der Waals surface area contributed by atoms with Gasteiger partial charge in [0.05, 0.1) is 15.9 Å². The molecule has 4 nitrogen and oxygen atoms in total. The molecule has 0 spiro atoms. The Morgan fingerprint density at radius 3 is 1.95 bits per heavy atom. The summed E-state index contributed by atoms with van der Waals surface area (Å²) in [5, 5.41) is 18.2. The number of rotatable bonds is 0. The van der Waals surface area contributed by atoms with Gasteiger partial charge in [-0.2, -0.15) is 0 Å². The number of hydrogen-bond donors (Lipinski definition) is 2. The molecular weight excluding hydrogens is 444 g/mol. The van der Waals surface area contributed by atoms with E-state index in [2.05, 4.69) is 57.8 Å². The average molecular weight is 455 g/mol. The van der Waals surface area contributed by atoms with Crippen LogP contribution in [0.25, 0.3) is 0 Å². The summed E-state index contributed by atoms with van der Waals surface area (Å²) in [6, 6.07) is 5.00. The van der Waals surface area contributed by atoms with E-state index in [4.69, 9.17) is 5.11 Å². The molecule has 0 aliphatic carbocycles. The minimum absolute atomic E-state index is 0.197. The van der Waals surface area contributed by atoms with E-state index in [-0.39, 0.29) is 11.5 Å². The largest absolute Gasteiger partial charge is 0.506 e. The first-order valence-corrected chi connectivity index (χ1v) is 7.53. The van der Waals surface area contributed by atoms with Crippen molar-refractivity contribution in [1.82, 2.24) is 9.97 Å². The van der Waals surface area contributed by atoms with Crippen molar-refractivity contribution >= 4 is 47.8 Å². The highest BCUT2D eigenvalue weighted by molar-refractivity contribution is 9.11. The van der Waals surface area contributed by atoms with E-state index < -0.39 is 0 Å². The van der Waals surface area contributed by atoms with Crippen LogP contribution in [-0.2, 0) is 0 Å². The van der Waals surface area contributed by atoms with Crippen molar-refractivity contribution in [3.63, 3.8) is 0 Å². The van der Waals surface area contributed by atoms with E-state index >= 15 is 0 Å². The van der Waals surface area contributed by atoms with Crippen LogP contribution in [0.5, 0.6) is 11.5 Å². The van der Waals surface area contributed by atoms with Crippen LogP contribution < -0.4 is 0 Å². The fraction of sp³-hybridized carbons (Fsp3) is 0.167. The molecule has 102 valence electrons. The Kier molecular flexibility index (Phi) is 6.22. The smallest absolute Gasteiger partial charge is 0.151 e. The molecule has 0 aromatic carbocycles. The van der Waals surface area contributed by atoms with Crippen LogP contribution in [0.15, 0.2) is 31.9 Å². The number of aromatic nitrogens is 2. The summed E-state index contributed by atoms with van der Waals surface area (Å²) in [5.74, 6) is 0.432. The highest BCUT2D eigenvalue weighted by Crippen LogP contribution is 2.28. The van der Waals surface area contributed by atoms with Gasteiger partial charge in [0.15, 0.2) is 5.75 Å². The maximum Gasteiger partial charge on any atom is 0.151 e. The highest BCUT2D eigenvalue weighted by Gasteiger charge is 2.03. The predicted molar refractivity (Wildman–Crippen MR) is 84.4 cm³/mol. The van der Waals surface area contributed by atoms with Gasteiger partial charge >= 0.3 is 0 Å². The molecule has 0 radical (unpaired) electrons. The van der Waals surface area contributed by atoms with Crippen molar-refractivity contribution in [2.45, 2.75) is 13.8 Å². The molecule has 0 amide bonds. The lowest BCUT2D eigenvalue weighted by Gasteiger charge is -1.99. The quantitative estimate of drug-likeness (QED) is 0.576. The number of halogens is 3. The zero-order valence-corrected chi connectivity index (χ0v) is 14.9. The van der Waals surface area contributed by atoms with Gasteiger partial charge in [0.2, 0.25) is 0 Å². The van der Waals surface area contributed by atoms with Crippen molar-refractivity contribution in [3.05, 3.63) is 43.3 Å². The third-order valence-electron chi connectivity index (χ3n) is 2.11. The normalized spacial score (nSPS) is 9.74. The van der Waals surface area contributed by atoms with E-state index in [0.717, 1.165) is 9.21 Å². The Morgan fingerprint density at radius 2 is 1.47 bits per heavy atom. The molecule has 0 unspecified atom stereocenters. The van der Waals surface area contributed by atoms with Crippen molar-refractivity contribution in [2.24, 2.45) is 0 Å². The summed E-state index contributed by atoms with van der Waals surface area (Å²) in [7, 11) is 0. The van der Waals surface area contributed by atoms with Crippen LogP contribution in [0.3, 0.4) is 0 Å². The minimum Gasteiger partial charge on any atom is -0.506 e. The summed E-state index contributed by atoms with van der Waals surface area (Å²) in [5.41, 5.74) is 1.26. The van der Waals surface area contributed by atoms with Gasteiger partial charge < -0.3 is 10.2 Å². The monoisotopic (exact) mass is 452 g/mol. The van der Waals surface area contributed by atoms with Crippen LogP contribution in [0.1, 0.15) is 11.4 Å². The molecule has 7 heteroatoms. The van der Waals surface area contributed by atoms with Crippen molar-refractivity contribution in [1.29, 1.82) is 0 Å². The van der Waals surface area contributed by atoms with E-state index in [0.29, 0.717) is 15.9 Å². The molecule has 2 rings (SSSR count). The Balaban J connectivity index is 0.000000191. The number of aryl methyl sites for hydroxylation is 2. The molecule has 19 heavy (non-hydrogen) atoms. The zero-order chi connectivity index (χ0) is 14.6. The molecule has 0 fully saturated rings. The van der Waals surface area contributed by atoms with Crippen LogP contribution in [0, 0.1) is 13.8 Å². The van der Waals surface area contributed by atoms with Crippen LogP contribution >= 0.6 is 47.8 Å². The average Bonchev–Trinajstić information content (AvgIpc) is 2.32. The summed E-state index contributed by atoms with van der Waals surface area (Å²) in [6.07, 6.45) is 0. The van der Waals surface area contributed by atoms with E-state index in [1.807, 2.05) is 0 Å². The summed E-state index contributed by atoms with van der Waals surface area (Å²) < 4.78 is 2.12. The molecule has 0 aliphatic rings. The zero-order valence-electron chi connectivity index (χ0n) is 10.2. The number of nitrogens with zero attached hydrogens (tertiary/aromatic N) is 2.